The zero-order valence-electron chi connectivity index (χ0n) is 12.9. The maximum absolute atomic E-state index is 13.6. The monoisotopic (exact) mass is 394 g/mol. The van der Waals surface area contributed by atoms with E-state index in [1.165, 1.54) is 12.1 Å². The molecule has 0 saturated heterocycles. The van der Waals surface area contributed by atoms with Crippen LogP contribution in [0.3, 0.4) is 0 Å². The largest absolute Gasteiger partial charge is 0.481 e. The van der Waals surface area contributed by atoms with Gasteiger partial charge in [0.1, 0.15) is 0 Å². The van der Waals surface area contributed by atoms with Gasteiger partial charge in [0, 0.05) is 17.2 Å². The van der Waals surface area contributed by atoms with Gasteiger partial charge in [-0.25, -0.2) is 4.39 Å². The summed E-state index contributed by atoms with van der Waals surface area (Å²) in [5.74, 6) is -1.17. The van der Waals surface area contributed by atoms with Gasteiger partial charge in [0.05, 0.1) is 6.42 Å². The van der Waals surface area contributed by atoms with Crippen LogP contribution in [0.5, 0.6) is 5.75 Å². The zero-order chi connectivity index (χ0) is 17.5. The highest BCUT2D eigenvalue weighted by atomic mass is 79.9. The molecule has 0 spiro atoms. The van der Waals surface area contributed by atoms with Gasteiger partial charge in [-0.05, 0) is 29.8 Å². The quantitative estimate of drug-likeness (QED) is 0.791. The predicted octanol–water partition coefficient (Wildman–Crippen LogP) is 2.89. The molecule has 0 heterocycles. The fraction of sp³-hybridized carbons (Fsp3) is 0.176. The van der Waals surface area contributed by atoms with E-state index in [9.17, 15) is 14.0 Å². The Morgan fingerprint density at radius 2 is 1.92 bits per heavy atom. The minimum absolute atomic E-state index is 0.00741. The van der Waals surface area contributed by atoms with Gasteiger partial charge in [0.15, 0.2) is 18.2 Å². The number of benzene rings is 2. The Morgan fingerprint density at radius 3 is 2.62 bits per heavy atom. The number of halogens is 2. The van der Waals surface area contributed by atoms with Gasteiger partial charge in [-0.1, -0.05) is 34.1 Å². The lowest BCUT2D eigenvalue weighted by atomic mass is 10.1. The number of ether oxygens (including phenoxy) is 1. The first-order chi connectivity index (χ1) is 11.5. The van der Waals surface area contributed by atoms with Crippen molar-refractivity contribution >= 4 is 33.4 Å². The summed E-state index contributed by atoms with van der Waals surface area (Å²) in [6.07, 6.45) is 0.148. The Kier molecular flexibility index (Phi) is 6.31. The topological polar surface area (TPSA) is 67.4 Å². The van der Waals surface area contributed by atoms with Crippen LogP contribution in [-0.4, -0.2) is 25.5 Å². The lowest BCUT2D eigenvalue weighted by Crippen LogP contribution is -2.23. The number of hydrogen-bond acceptors (Lipinski definition) is 3. The third-order valence-electron chi connectivity index (χ3n) is 3.17. The summed E-state index contributed by atoms with van der Waals surface area (Å²) in [4.78, 5) is 23.5. The van der Waals surface area contributed by atoms with Crippen LogP contribution in [0.25, 0.3) is 0 Å². The van der Waals surface area contributed by atoms with Crippen LogP contribution in [0.1, 0.15) is 5.56 Å². The van der Waals surface area contributed by atoms with Crippen molar-refractivity contribution in [3.05, 3.63) is 58.3 Å². The van der Waals surface area contributed by atoms with Crippen LogP contribution in [0.15, 0.2) is 46.9 Å². The van der Waals surface area contributed by atoms with Crippen molar-refractivity contribution in [2.75, 3.05) is 19.0 Å². The molecule has 0 saturated carbocycles. The Bertz CT molecular complexity index is 752. The van der Waals surface area contributed by atoms with E-state index in [1.807, 2.05) is 0 Å². The first-order valence-electron chi connectivity index (χ1n) is 7.16. The summed E-state index contributed by atoms with van der Waals surface area (Å²) >= 11 is 3.15. The molecule has 0 aliphatic rings. The summed E-state index contributed by atoms with van der Waals surface area (Å²) in [7, 11) is 1.55. The molecule has 7 heteroatoms. The highest BCUT2D eigenvalue weighted by Crippen LogP contribution is 2.21. The predicted molar refractivity (Wildman–Crippen MR) is 92.4 cm³/mol. The maximum Gasteiger partial charge on any atom is 0.262 e. The van der Waals surface area contributed by atoms with E-state index in [0.29, 0.717) is 15.7 Å². The third-order valence-corrected chi connectivity index (χ3v) is 3.67. The van der Waals surface area contributed by atoms with E-state index in [-0.39, 0.29) is 24.7 Å². The van der Waals surface area contributed by atoms with Gasteiger partial charge in [0.25, 0.3) is 5.91 Å². The second-order valence-electron chi connectivity index (χ2n) is 4.92. The highest BCUT2D eigenvalue weighted by molar-refractivity contribution is 9.10. The van der Waals surface area contributed by atoms with Gasteiger partial charge in [0.2, 0.25) is 5.91 Å². The van der Waals surface area contributed by atoms with Crippen molar-refractivity contribution in [3.8, 4) is 5.75 Å². The van der Waals surface area contributed by atoms with Crippen molar-refractivity contribution in [1.82, 2.24) is 5.32 Å². The van der Waals surface area contributed by atoms with E-state index in [4.69, 9.17) is 4.74 Å². The number of amides is 2. The molecule has 2 aromatic carbocycles. The second kappa shape index (κ2) is 8.44. The Morgan fingerprint density at radius 1 is 1.17 bits per heavy atom. The van der Waals surface area contributed by atoms with Crippen LogP contribution in [0.2, 0.25) is 0 Å². The first kappa shape index (κ1) is 17.9. The van der Waals surface area contributed by atoms with E-state index in [1.54, 1.807) is 37.4 Å². The Labute approximate surface area is 147 Å². The molecule has 2 aromatic rings. The normalized spacial score (nSPS) is 10.1. The molecule has 0 bridgehead atoms. The van der Waals surface area contributed by atoms with Crippen LogP contribution in [-0.2, 0) is 16.0 Å². The molecule has 2 amide bonds. The van der Waals surface area contributed by atoms with Gasteiger partial charge >= 0.3 is 0 Å². The summed E-state index contributed by atoms with van der Waals surface area (Å²) in [6.45, 7) is -0.340. The molecule has 0 radical (unpaired) electrons. The van der Waals surface area contributed by atoms with E-state index >= 15 is 0 Å². The average molecular weight is 395 g/mol. The van der Waals surface area contributed by atoms with Crippen molar-refractivity contribution in [2.24, 2.45) is 0 Å². The SMILES string of the molecule is CNC(=O)Cc1ccccc1NC(=O)COc1ccc(Br)cc1F. The number of nitrogens with one attached hydrogen (secondary N) is 2. The summed E-state index contributed by atoms with van der Waals surface area (Å²) in [6, 6.07) is 11.3. The fourth-order valence-electron chi connectivity index (χ4n) is 1.98. The molecule has 0 aliphatic carbocycles. The molecule has 126 valence electrons. The molecule has 2 N–H and O–H groups in total. The summed E-state index contributed by atoms with van der Waals surface area (Å²) < 4.78 is 19.4. The minimum Gasteiger partial charge on any atom is -0.481 e. The molecule has 0 atom stereocenters. The van der Waals surface area contributed by atoms with Crippen molar-refractivity contribution < 1.29 is 18.7 Å². The van der Waals surface area contributed by atoms with E-state index in [2.05, 4.69) is 26.6 Å². The lowest BCUT2D eigenvalue weighted by molar-refractivity contribution is -0.120. The molecular formula is C17H16BrFN2O3. The van der Waals surface area contributed by atoms with Gasteiger partial charge in [-0.2, -0.15) is 0 Å². The lowest BCUT2D eigenvalue weighted by Gasteiger charge is -2.11. The molecule has 0 aromatic heterocycles. The number of carbonyl (C=O) groups is 2. The highest BCUT2D eigenvalue weighted by Gasteiger charge is 2.11. The molecule has 0 fully saturated rings. The number of para-hydroxylation sites is 1. The number of carbonyl (C=O) groups excluding carboxylic acids is 2. The zero-order valence-corrected chi connectivity index (χ0v) is 14.5. The summed E-state index contributed by atoms with van der Waals surface area (Å²) in [5, 5.41) is 5.20. The molecule has 24 heavy (non-hydrogen) atoms. The number of likely N-dealkylation sites (N-methyl/N-ethyl adjacent to an activating group) is 1. The smallest absolute Gasteiger partial charge is 0.262 e. The Balaban J connectivity index is 1.98. The van der Waals surface area contributed by atoms with Crippen LogP contribution in [0, 0.1) is 5.82 Å². The molecular weight excluding hydrogens is 379 g/mol. The first-order valence-corrected chi connectivity index (χ1v) is 7.95. The summed E-state index contributed by atoms with van der Waals surface area (Å²) in [5.41, 5.74) is 1.20. The molecule has 0 aliphatic heterocycles. The fourth-order valence-corrected chi connectivity index (χ4v) is 2.31. The number of hydrogen-bond donors (Lipinski definition) is 2. The van der Waals surface area contributed by atoms with Crippen molar-refractivity contribution in [1.29, 1.82) is 0 Å². The second-order valence-corrected chi connectivity index (χ2v) is 5.83. The maximum atomic E-state index is 13.6. The molecule has 5 nitrogen and oxygen atoms in total. The van der Waals surface area contributed by atoms with Crippen LogP contribution < -0.4 is 15.4 Å². The van der Waals surface area contributed by atoms with Gasteiger partial charge < -0.3 is 15.4 Å². The minimum atomic E-state index is -0.558. The van der Waals surface area contributed by atoms with Crippen molar-refractivity contribution in [2.45, 2.75) is 6.42 Å². The van der Waals surface area contributed by atoms with E-state index < -0.39 is 11.7 Å². The van der Waals surface area contributed by atoms with Crippen LogP contribution in [0.4, 0.5) is 10.1 Å². The molecule has 2 rings (SSSR count). The molecule has 0 unspecified atom stereocenters. The van der Waals surface area contributed by atoms with Gasteiger partial charge in [-0.3, -0.25) is 9.59 Å². The van der Waals surface area contributed by atoms with Crippen LogP contribution >= 0.6 is 15.9 Å². The Hall–Kier alpha value is -2.41. The average Bonchev–Trinajstić information content (AvgIpc) is 2.55. The number of rotatable bonds is 6. The standard InChI is InChI=1S/C17H16BrFN2O3/c1-20-16(22)8-11-4-2-3-5-14(11)21-17(23)10-24-15-7-6-12(18)9-13(15)19/h2-7,9H,8,10H2,1H3,(H,20,22)(H,21,23). The van der Waals surface area contributed by atoms with Crippen molar-refractivity contribution in [3.63, 3.8) is 0 Å². The van der Waals surface area contributed by atoms with E-state index in [0.717, 1.165) is 0 Å². The third kappa shape index (κ3) is 5.06. The number of anilines is 1. The van der Waals surface area contributed by atoms with Gasteiger partial charge in [-0.15, -0.1) is 0 Å².